The highest BCUT2D eigenvalue weighted by atomic mass is 16.2. The number of hydrazone groups is 1. The third kappa shape index (κ3) is 5.09. The molecule has 0 N–H and O–H groups in total. The molecule has 4 nitrogen and oxygen atoms in total. The fraction of sp³-hybridized carbons (Fsp3) is 0.259. The summed E-state index contributed by atoms with van der Waals surface area (Å²) in [6.07, 6.45) is 0.722. The molecule has 1 amide bonds. The summed E-state index contributed by atoms with van der Waals surface area (Å²) in [5.74, 6) is 0.0196. The van der Waals surface area contributed by atoms with Gasteiger partial charge >= 0.3 is 0 Å². The quantitative estimate of drug-likeness (QED) is 0.565. The Morgan fingerprint density at radius 1 is 0.935 bits per heavy atom. The van der Waals surface area contributed by atoms with E-state index in [9.17, 15) is 4.79 Å². The van der Waals surface area contributed by atoms with E-state index < -0.39 is 0 Å². The number of benzene rings is 3. The molecular formula is C27H29N3O. The van der Waals surface area contributed by atoms with E-state index in [1.165, 1.54) is 16.7 Å². The Labute approximate surface area is 184 Å². The summed E-state index contributed by atoms with van der Waals surface area (Å²) in [4.78, 5) is 15.3. The fourth-order valence-corrected chi connectivity index (χ4v) is 3.96. The Morgan fingerprint density at radius 3 is 2.19 bits per heavy atom. The maximum atomic E-state index is 13.3. The normalized spacial score (nSPS) is 15.9. The van der Waals surface area contributed by atoms with Gasteiger partial charge in [-0.2, -0.15) is 5.10 Å². The van der Waals surface area contributed by atoms with Gasteiger partial charge in [-0.3, -0.25) is 9.69 Å². The molecule has 1 aliphatic heterocycles. The second-order valence-electron chi connectivity index (χ2n) is 8.44. The summed E-state index contributed by atoms with van der Waals surface area (Å²) in [7, 11) is 1.98. The van der Waals surface area contributed by atoms with Crippen molar-refractivity contribution in [1.82, 2.24) is 9.91 Å². The van der Waals surface area contributed by atoms with Crippen molar-refractivity contribution in [2.24, 2.45) is 5.10 Å². The van der Waals surface area contributed by atoms with Crippen molar-refractivity contribution in [3.63, 3.8) is 0 Å². The van der Waals surface area contributed by atoms with Crippen LogP contribution in [0.15, 0.2) is 84.0 Å². The third-order valence-corrected chi connectivity index (χ3v) is 5.71. The number of carbonyl (C=O) groups is 1. The average Bonchev–Trinajstić information content (AvgIpc) is 3.21. The molecular weight excluding hydrogens is 382 g/mol. The molecule has 0 aliphatic carbocycles. The number of amides is 1. The van der Waals surface area contributed by atoms with Crippen molar-refractivity contribution in [3.05, 3.63) is 107 Å². The van der Waals surface area contributed by atoms with Crippen molar-refractivity contribution < 1.29 is 4.79 Å². The smallest absolute Gasteiger partial charge is 0.257 e. The van der Waals surface area contributed by atoms with Gasteiger partial charge in [0, 0.05) is 13.0 Å². The molecule has 0 aromatic heterocycles. The fourth-order valence-electron chi connectivity index (χ4n) is 3.96. The Hall–Kier alpha value is -3.24. The van der Waals surface area contributed by atoms with Crippen LogP contribution in [0.5, 0.6) is 0 Å². The third-order valence-electron chi connectivity index (χ3n) is 5.71. The topological polar surface area (TPSA) is 35.9 Å². The van der Waals surface area contributed by atoms with Gasteiger partial charge in [0.25, 0.3) is 5.91 Å². The van der Waals surface area contributed by atoms with Crippen LogP contribution in [-0.4, -0.2) is 35.1 Å². The van der Waals surface area contributed by atoms with E-state index in [0.29, 0.717) is 6.54 Å². The molecule has 4 rings (SSSR count). The van der Waals surface area contributed by atoms with Gasteiger partial charge in [0.2, 0.25) is 0 Å². The predicted molar refractivity (Wildman–Crippen MR) is 126 cm³/mol. The van der Waals surface area contributed by atoms with Gasteiger partial charge < -0.3 is 0 Å². The largest absolute Gasteiger partial charge is 0.293 e. The second-order valence-corrected chi connectivity index (χ2v) is 8.44. The number of likely N-dealkylation sites (N-methyl/N-ethyl adjacent to an activating group) is 1. The molecule has 0 bridgehead atoms. The molecule has 158 valence electrons. The van der Waals surface area contributed by atoms with Gasteiger partial charge in [0.1, 0.15) is 0 Å². The zero-order valence-electron chi connectivity index (χ0n) is 18.5. The van der Waals surface area contributed by atoms with Crippen LogP contribution >= 0.6 is 0 Å². The zero-order chi connectivity index (χ0) is 21.8. The molecule has 1 atom stereocenters. The van der Waals surface area contributed by atoms with Crippen molar-refractivity contribution in [2.75, 3.05) is 13.6 Å². The van der Waals surface area contributed by atoms with E-state index in [0.717, 1.165) is 29.8 Å². The molecule has 1 unspecified atom stereocenters. The second kappa shape index (κ2) is 9.27. The minimum absolute atomic E-state index is 0.0196. The minimum Gasteiger partial charge on any atom is -0.293 e. The van der Waals surface area contributed by atoms with E-state index in [1.807, 2.05) is 30.1 Å². The maximum absolute atomic E-state index is 13.3. The molecule has 0 radical (unpaired) electrons. The number of nitrogens with zero attached hydrogens (tertiary/aromatic N) is 3. The van der Waals surface area contributed by atoms with Gasteiger partial charge in [-0.15, -0.1) is 0 Å². The van der Waals surface area contributed by atoms with Crippen LogP contribution in [0.3, 0.4) is 0 Å². The molecule has 1 aliphatic rings. The molecule has 3 aromatic carbocycles. The number of hydrogen-bond acceptors (Lipinski definition) is 3. The van der Waals surface area contributed by atoms with E-state index in [-0.39, 0.29) is 11.9 Å². The Bertz CT molecular complexity index is 1060. The van der Waals surface area contributed by atoms with Crippen LogP contribution in [0.4, 0.5) is 0 Å². The van der Waals surface area contributed by atoms with Crippen molar-refractivity contribution in [1.29, 1.82) is 0 Å². The summed E-state index contributed by atoms with van der Waals surface area (Å²) in [6, 6.07) is 26.9. The van der Waals surface area contributed by atoms with Gasteiger partial charge in [0.15, 0.2) is 0 Å². The lowest BCUT2D eigenvalue weighted by Gasteiger charge is -2.25. The van der Waals surface area contributed by atoms with Crippen molar-refractivity contribution in [2.45, 2.75) is 32.9 Å². The van der Waals surface area contributed by atoms with E-state index in [2.05, 4.69) is 74.5 Å². The highest BCUT2D eigenvalue weighted by molar-refractivity contribution is 6.03. The van der Waals surface area contributed by atoms with Gasteiger partial charge in [-0.25, -0.2) is 5.01 Å². The van der Waals surface area contributed by atoms with E-state index >= 15 is 0 Å². The highest BCUT2D eigenvalue weighted by Gasteiger charge is 2.33. The van der Waals surface area contributed by atoms with Crippen LogP contribution in [0.2, 0.25) is 0 Å². The predicted octanol–water partition coefficient (Wildman–Crippen LogP) is 5.11. The Kier molecular flexibility index (Phi) is 6.28. The lowest BCUT2D eigenvalue weighted by atomic mass is 9.97. The summed E-state index contributed by atoms with van der Waals surface area (Å²) < 4.78 is 0. The lowest BCUT2D eigenvalue weighted by molar-refractivity contribution is -0.134. The lowest BCUT2D eigenvalue weighted by Crippen LogP contribution is -2.36. The molecule has 0 spiro atoms. The van der Waals surface area contributed by atoms with Crippen molar-refractivity contribution in [3.8, 4) is 0 Å². The highest BCUT2D eigenvalue weighted by Crippen LogP contribution is 2.33. The molecule has 31 heavy (non-hydrogen) atoms. The zero-order valence-corrected chi connectivity index (χ0v) is 18.5. The standard InChI is InChI=1S/C27H29N3O/c1-20-9-13-23(14-10-20)25-17-26(24-15-11-21(2)12-16-24)30(28-25)27(31)19-29(3)18-22-7-5-4-6-8-22/h4-16,26H,17-19H2,1-3H3. The molecule has 0 fully saturated rings. The summed E-state index contributed by atoms with van der Waals surface area (Å²) in [6.45, 7) is 5.20. The van der Waals surface area contributed by atoms with Crippen LogP contribution < -0.4 is 0 Å². The number of hydrogen-bond donors (Lipinski definition) is 0. The van der Waals surface area contributed by atoms with Crippen LogP contribution in [0.25, 0.3) is 0 Å². The number of carbonyl (C=O) groups excluding carboxylic acids is 1. The van der Waals surface area contributed by atoms with Crippen LogP contribution in [0, 0.1) is 13.8 Å². The first-order chi connectivity index (χ1) is 15.0. The minimum atomic E-state index is -0.0745. The molecule has 0 saturated heterocycles. The SMILES string of the molecule is Cc1ccc(C2=NN(C(=O)CN(C)Cc3ccccc3)C(c3ccc(C)cc3)C2)cc1. The maximum Gasteiger partial charge on any atom is 0.257 e. The van der Waals surface area contributed by atoms with Crippen molar-refractivity contribution >= 4 is 11.6 Å². The first-order valence-corrected chi connectivity index (χ1v) is 10.8. The van der Waals surface area contributed by atoms with Gasteiger partial charge in [-0.05, 0) is 37.6 Å². The van der Waals surface area contributed by atoms with Crippen LogP contribution in [0.1, 0.15) is 40.3 Å². The molecule has 1 heterocycles. The van der Waals surface area contributed by atoms with E-state index in [1.54, 1.807) is 5.01 Å². The first-order valence-electron chi connectivity index (χ1n) is 10.8. The van der Waals surface area contributed by atoms with E-state index in [4.69, 9.17) is 5.10 Å². The average molecular weight is 412 g/mol. The van der Waals surface area contributed by atoms with Gasteiger partial charge in [-0.1, -0.05) is 90.0 Å². The number of aryl methyl sites for hydroxylation is 2. The molecule has 3 aromatic rings. The Morgan fingerprint density at radius 2 is 1.55 bits per heavy atom. The van der Waals surface area contributed by atoms with Gasteiger partial charge in [0.05, 0.1) is 18.3 Å². The monoisotopic (exact) mass is 411 g/mol. The first kappa shape index (κ1) is 21.0. The molecule has 0 saturated carbocycles. The summed E-state index contributed by atoms with van der Waals surface area (Å²) >= 11 is 0. The summed E-state index contributed by atoms with van der Waals surface area (Å²) in [5, 5.41) is 6.50. The summed E-state index contributed by atoms with van der Waals surface area (Å²) in [5.41, 5.74) is 6.78. The van der Waals surface area contributed by atoms with Crippen LogP contribution in [-0.2, 0) is 11.3 Å². The Balaban J connectivity index is 1.56. The number of rotatable bonds is 6. The molecule has 4 heteroatoms.